The van der Waals surface area contributed by atoms with Crippen molar-refractivity contribution >= 4 is 0 Å². The average Bonchev–Trinajstić information content (AvgIpc) is 2.29. The third kappa shape index (κ3) is 4.72. The summed E-state index contributed by atoms with van der Waals surface area (Å²) >= 11 is 0. The van der Waals surface area contributed by atoms with Gasteiger partial charge in [0, 0.05) is 13.2 Å². The van der Waals surface area contributed by atoms with Crippen molar-refractivity contribution in [2.45, 2.75) is 26.0 Å². The molecule has 0 fully saturated rings. The van der Waals surface area contributed by atoms with Crippen LogP contribution < -0.4 is 5.73 Å². The van der Waals surface area contributed by atoms with Gasteiger partial charge < -0.3 is 10.5 Å². The van der Waals surface area contributed by atoms with Gasteiger partial charge >= 0.3 is 0 Å². The molecule has 0 atom stereocenters. The molecule has 0 aliphatic heterocycles. The number of allylic oxidation sites excluding steroid dienone is 1. The highest BCUT2D eigenvalue weighted by molar-refractivity contribution is 5.10. The van der Waals surface area contributed by atoms with Gasteiger partial charge in [-0.25, -0.2) is 0 Å². The Labute approximate surface area is 91.0 Å². The van der Waals surface area contributed by atoms with Crippen molar-refractivity contribution < 1.29 is 4.74 Å². The number of hydrogen-bond acceptors (Lipinski definition) is 3. The van der Waals surface area contributed by atoms with Gasteiger partial charge in [-0.1, -0.05) is 12.1 Å². The number of ether oxygens (including phenoxy) is 1. The molecule has 15 heavy (non-hydrogen) atoms. The predicted molar refractivity (Wildman–Crippen MR) is 61.2 cm³/mol. The van der Waals surface area contributed by atoms with Crippen LogP contribution in [0, 0.1) is 0 Å². The molecule has 0 spiro atoms. The maximum Gasteiger partial charge on any atom is 0.0887 e. The highest BCUT2D eigenvalue weighted by Gasteiger charge is 1.96. The molecule has 3 nitrogen and oxygen atoms in total. The summed E-state index contributed by atoms with van der Waals surface area (Å²) in [5.74, 6) is 0. The molecule has 0 aromatic carbocycles. The van der Waals surface area contributed by atoms with Crippen LogP contribution >= 0.6 is 0 Å². The topological polar surface area (TPSA) is 48.1 Å². The first-order valence-corrected chi connectivity index (χ1v) is 5.20. The first-order valence-electron chi connectivity index (χ1n) is 5.20. The third-order valence-corrected chi connectivity index (χ3v) is 2.02. The van der Waals surface area contributed by atoms with E-state index in [0.717, 1.165) is 30.8 Å². The minimum Gasteiger partial charge on any atom is -0.375 e. The Morgan fingerprint density at radius 2 is 2.20 bits per heavy atom. The van der Waals surface area contributed by atoms with Crippen LogP contribution in [0.5, 0.6) is 0 Å². The maximum atomic E-state index is 5.50. The van der Waals surface area contributed by atoms with Gasteiger partial charge in [-0.3, -0.25) is 4.98 Å². The minimum atomic E-state index is 0.476. The Bertz CT molecular complexity index is 299. The largest absolute Gasteiger partial charge is 0.375 e. The molecule has 0 amide bonds. The average molecular weight is 206 g/mol. The van der Waals surface area contributed by atoms with Crippen LogP contribution in [0.1, 0.15) is 24.2 Å². The van der Waals surface area contributed by atoms with E-state index in [1.54, 1.807) is 0 Å². The molecule has 1 heterocycles. The van der Waals surface area contributed by atoms with Crippen LogP contribution in [0.4, 0.5) is 0 Å². The Kier molecular flexibility index (Phi) is 5.66. The molecule has 0 bridgehead atoms. The van der Waals surface area contributed by atoms with E-state index >= 15 is 0 Å². The van der Waals surface area contributed by atoms with E-state index in [2.05, 4.69) is 11.6 Å². The van der Waals surface area contributed by atoms with Crippen molar-refractivity contribution in [2.24, 2.45) is 5.73 Å². The third-order valence-electron chi connectivity index (χ3n) is 2.02. The summed E-state index contributed by atoms with van der Waals surface area (Å²) in [4.78, 5) is 4.34. The smallest absolute Gasteiger partial charge is 0.0887 e. The van der Waals surface area contributed by atoms with Crippen LogP contribution in [-0.4, -0.2) is 11.6 Å². The molecule has 0 aliphatic carbocycles. The van der Waals surface area contributed by atoms with E-state index in [1.807, 2.05) is 24.3 Å². The van der Waals surface area contributed by atoms with Gasteiger partial charge in [0.25, 0.3) is 0 Å². The first kappa shape index (κ1) is 11.9. The van der Waals surface area contributed by atoms with Crippen molar-refractivity contribution in [1.82, 2.24) is 4.98 Å². The second kappa shape index (κ2) is 7.15. The predicted octanol–water partition coefficient (Wildman–Crippen LogP) is 2.02. The highest BCUT2D eigenvalue weighted by atomic mass is 16.5. The molecule has 0 saturated carbocycles. The van der Waals surface area contributed by atoms with Crippen molar-refractivity contribution in [1.29, 1.82) is 0 Å². The van der Waals surface area contributed by atoms with E-state index in [9.17, 15) is 0 Å². The summed E-state index contributed by atoms with van der Waals surface area (Å²) in [5.41, 5.74) is 7.34. The summed E-state index contributed by atoms with van der Waals surface area (Å²) in [6.45, 7) is 5.44. The Morgan fingerprint density at radius 1 is 1.40 bits per heavy atom. The fraction of sp³-hybridized carbons (Fsp3) is 0.417. The number of rotatable bonds is 7. The lowest BCUT2D eigenvalue weighted by atomic mass is 10.3. The molecular formula is C12H18N2O. The number of aromatic nitrogens is 1. The monoisotopic (exact) mass is 206 g/mol. The lowest BCUT2D eigenvalue weighted by Gasteiger charge is -2.04. The lowest BCUT2D eigenvalue weighted by Crippen LogP contribution is -2.03. The first-order chi connectivity index (χ1) is 7.36. The van der Waals surface area contributed by atoms with E-state index in [-0.39, 0.29) is 0 Å². The number of hydrogen-bond donors (Lipinski definition) is 1. The Hall–Kier alpha value is -1.19. The van der Waals surface area contributed by atoms with Gasteiger partial charge in [-0.05, 0) is 25.0 Å². The molecule has 0 radical (unpaired) electrons. The van der Waals surface area contributed by atoms with Crippen LogP contribution in [0.2, 0.25) is 0 Å². The lowest BCUT2D eigenvalue weighted by molar-refractivity contribution is 0.116. The summed E-state index contributed by atoms with van der Waals surface area (Å²) in [7, 11) is 0. The van der Waals surface area contributed by atoms with Gasteiger partial charge in [0.1, 0.15) is 0 Å². The molecule has 0 saturated heterocycles. The standard InChI is InChI=1S/C12H18N2O/c1-2-3-4-8-15-10-12-7-5-6-11(9-13)14-12/h2,5-7H,1,3-4,8-10,13H2. The van der Waals surface area contributed by atoms with Gasteiger partial charge in [0.2, 0.25) is 0 Å². The summed E-state index contributed by atoms with van der Waals surface area (Å²) < 4.78 is 5.47. The number of nitrogens with zero attached hydrogens (tertiary/aromatic N) is 1. The molecule has 1 aromatic heterocycles. The molecule has 0 aliphatic rings. The quantitative estimate of drug-likeness (QED) is 0.548. The molecule has 1 rings (SSSR count). The molecule has 3 heteroatoms. The summed E-state index contributed by atoms with van der Waals surface area (Å²) in [5, 5.41) is 0. The Balaban J connectivity index is 2.27. The molecule has 82 valence electrons. The van der Waals surface area contributed by atoms with E-state index < -0.39 is 0 Å². The zero-order valence-corrected chi connectivity index (χ0v) is 8.98. The van der Waals surface area contributed by atoms with Crippen LogP contribution in [0.15, 0.2) is 30.9 Å². The molecular weight excluding hydrogens is 188 g/mol. The van der Waals surface area contributed by atoms with Gasteiger partial charge in [-0.2, -0.15) is 0 Å². The second-order valence-electron chi connectivity index (χ2n) is 3.31. The molecule has 0 unspecified atom stereocenters. The van der Waals surface area contributed by atoms with Crippen LogP contribution in [0.3, 0.4) is 0 Å². The van der Waals surface area contributed by atoms with E-state index in [4.69, 9.17) is 10.5 Å². The van der Waals surface area contributed by atoms with E-state index in [0.29, 0.717) is 13.2 Å². The van der Waals surface area contributed by atoms with Crippen molar-refractivity contribution in [3.63, 3.8) is 0 Å². The number of nitrogens with two attached hydrogens (primary N) is 1. The van der Waals surface area contributed by atoms with Gasteiger partial charge in [-0.15, -0.1) is 6.58 Å². The van der Waals surface area contributed by atoms with Crippen LogP contribution in [0.25, 0.3) is 0 Å². The zero-order chi connectivity index (χ0) is 10.9. The van der Waals surface area contributed by atoms with E-state index in [1.165, 1.54) is 0 Å². The Morgan fingerprint density at radius 3 is 2.93 bits per heavy atom. The maximum absolute atomic E-state index is 5.50. The number of pyridine rings is 1. The van der Waals surface area contributed by atoms with Crippen LogP contribution in [-0.2, 0) is 17.9 Å². The fourth-order valence-corrected chi connectivity index (χ4v) is 1.23. The SMILES string of the molecule is C=CCCCOCc1cccc(CN)n1. The second-order valence-corrected chi connectivity index (χ2v) is 3.31. The minimum absolute atomic E-state index is 0.476. The van der Waals surface area contributed by atoms with Crippen molar-refractivity contribution in [2.75, 3.05) is 6.61 Å². The van der Waals surface area contributed by atoms with Crippen molar-refractivity contribution in [3.05, 3.63) is 42.2 Å². The normalized spacial score (nSPS) is 10.2. The number of unbranched alkanes of at least 4 members (excludes halogenated alkanes) is 1. The zero-order valence-electron chi connectivity index (χ0n) is 8.98. The van der Waals surface area contributed by atoms with Gasteiger partial charge in [0.15, 0.2) is 0 Å². The summed E-state index contributed by atoms with van der Waals surface area (Å²) in [6.07, 6.45) is 3.91. The highest BCUT2D eigenvalue weighted by Crippen LogP contribution is 2.01. The summed E-state index contributed by atoms with van der Waals surface area (Å²) in [6, 6.07) is 5.82. The molecule has 1 aromatic rings. The fourth-order valence-electron chi connectivity index (χ4n) is 1.23. The van der Waals surface area contributed by atoms with Crippen molar-refractivity contribution in [3.8, 4) is 0 Å². The molecule has 2 N–H and O–H groups in total. The van der Waals surface area contributed by atoms with Gasteiger partial charge in [0.05, 0.1) is 18.0 Å².